The smallest absolute Gasteiger partial charge is 0.121 e. The molecule has 0 radical (unpaired) electrons. The second kappa shape index (κ2) is 7.91. The third-order valence-electron chi connectivity index (χ3n) is 2.24. The van der Waals surface area contributed by atoms with Crippen molar-refractivity contribution in [2.75, 3.05) is 0 Å². The van der Waals surface area contributed by atoms with E-state index in [9.17, 15) is 0 Å². The van der Waals surface area contributed by atoms with Crippen molar-refractivity contribution in [3.05, 3.63) is 35.1 Å². The molecule has 2 nitrogen and oxygen atoms in total. The van der Waals surface area contributed by atoms with Crippen LogP contribution in [-0.2, 0) is 4.84 Å². The Morgan fingerprint density at radius 2 is 1.69 bits per heavy atom. The number of oxime groups is 1. The number of nitrogens with zero attached hydrogens (tertiary/aromatic N) is 1. The minimum Gasteiger partial charge on any atom is -0.365 e. The Kier molecular flexibility index (Phi) is 7.27. The number of hydrogen-bond donors (Lipinski definition) is 0. The van der Waals surface area contributed by atoms with E-state index in [4.69, 9.17) is 4.84 Å². The van der Waals surface area contributed by atoms with Crippen LogP contribution in [-0.4, -0.2) is 5.71 Å². The average molecular weight is 221 g/mol. The van der Waals surface area contributed by atoms with Crippen LogP contribution in [0.1, 0.15) is 48.0 Å². The summed E-state index contributed by atoms with van der Waals surface area (Å²) < 4.78 is 0. The van der Waals surface area contributed by atoms with Crippen LogP contribution in [0.2, 0.25) is 0 Å². The first-order chi connectivity index (χ1) is 7.47. The molecule has 0 atom stereocenters. The number of allylic oxidation sites excluding steroid dienone is 5. The molecule has 90 valence electrons. The maximum atomic E-state index is 5.14. The molecule has 0 fully saturated rings. The van der Waals surface area contributed by atoms with Crippen LogP contribution < -0.4 is 0 Å². The molecule has 0 saturated heterocycles. The maximum absolute atomic E-state index is 5.14. The van der Waals surface area contributed by atoms with Gasteiger partial charge in [0, 0.05) is 0 Å². The minimum atomic E-state index is 0.901. The molecule has 0 saturated carbocycles. The van der Waals surface area contributed by atoms with Crippen molar-refractivity contribution in [2.24, 2.45) is 5.16 Å². The van der Waals surface area contributed by atoms with Gasteiger partial charge < -0.3 is 4.84 Å². The zero-order chi connectivity index (χ0) is 12.6. The van der Waals surface area contributed by atoms with Gasteiger partial charge in [-0.05, 0) is 52.2 Å². The van der Waals surface area contributed by atoms with Crippen LogP contribution in [0.3, 0.4) is 0 Å². The fraction of sp³-hybridized carbons (Fsp3) is 0.500. The Hall–Kier alpha value is -1.31. The van der Waals surface area contributed by atoms with Crippen LogP contribution in [0.5, 0.6) is 0 Å². The molecule has 0 spiro atoms. The molecule has 0 aliphatic carbocycles. The maximum Gasteiger partial charge on any atom is 0.121 e. The van der Waals surface area contributed by atoms with Gasteiger partial charge in [0.25, 0.3) is 0 Å². The molecule has 0 heterocycles. The van der Waals surface area contributed by atoms with Gasteiger partial charge in [-0.25, -0.2) is 0 Å². The Bertz CT molecular complexity index is 329. The minimum absolute atomic E-state index is 0.901. The van der Waals surface area contributed by atoms with Crippen LogP contribution >= 0.6 is 0 Å². The number of hydrogen-bond acceptors (Lipinski definition) is 2. The summed E-state index contributed by atoms with van der Waals surface area (Å²) in [5, 5.41) is 4.03. The Balaban J connectivity index is 4.44. The molecule has 0 unspecified atom stereocenters. The van der Waals surface area contributed by atoms with Crippen LogP contribution in [0.4, 0.5) is 0 Å². The van der Waals surface area contributed by atoms with Crippen LogP contribution in [0.15, 0.2) is 40.3 Å². The SMILES string of the molecule is CC/C(C)=C/O/N=C(C)/C(C)=C/C=C(C)C. The predicted molar refractivity (Wildman–Crippen MR) is 71.4 cm³/mol. The standard InChI is InChI=1S/C14H23NO/c1-7-12(4)10-16-15-14(6)13(5)9-8-11(2)3/h8-10H,7H2,1-6H3/b12-10+,13-9+,15-14+. The van der Waals surface area contributed by atoms with Gasteiger partial charge in [-0.1, -0.05) is 29.8 Å². The van der Waals surface area contributed by atoms with Gasteiger partial charge in [0.2, 0.25) is 0 Å². The van der Waals surface area contributed by atoms with Gasteiger partial charge in [-0.3, -0.25) is 0 Å². The highest BCUT2D eigenvalue weighted by Gasteiger charge is 1.93. The lowest BCUT2D eigenvalue weighted by Crippen LogP contribution is -1.93. The molecular weight excluding hydrogens is 198 g/mol. The molecule has 0 aliphatic heterocycles. The van der Waals surface area contributed by atoms with E-state index in [0.717, 1.165) is 17.7 Å². The highest BCUT2D eigenvalue weighted by atomic mass is 16.6. The second-order valence-corrected chi connectivity index (χ2v) is 4.19. The summed E-state index contributed by atoms with van der Waals surface area (Å²) in [4.78, 5) is 5.14. The van der Waals surface area contributed by atoms with E-state index in [1.807, 2.05) is 26.8 Å². The Morgan fingerprint density at radius 1 is 1.06 bits per heavy atom. The molecule has 2 heteroatoms. The van der Waals surface area contributed by atoms with Crippen molar-refractivity contribution in [1.29, 1.82) is 0 Å². The zero-order valence-electron chi connectivity index (χ0n) is 11.3. The van der Waals surface area contributed by atoms with Gasteiger partial charge in [-0.15, -0.1) is 0 Å². The van der Waals surface area contributed by atoms with Gasteiger partial charge >= 0.3 is 0 Å². The summed E-state index contributed by atoms with van der Waals surface area (Å²) in [5.74, 6) is 0. The Morgan fingerprint density at radius 3 is 2.19 bits per heavy atom. The van der Waals surface area contributed by atoms with E-state index < -0.39 is 0 Å². The van der Waals surface area contributed by atoms with Gasteiger partial charge in [0.15, 0.2) is 0 Å². The summed E-state index contributed by atoms with van der Waals surface area (Å²) in [6.07, 6.45) is 6.80. The molecule has 0 amide bonds. The van der Waals surface area contributed by atoms with E-state index in [0.29, 0.717) is 0 Å². The van der Waals surface area contributed by atoms with E-state index in [1.54, 1.807) is 6.26 Å². The van der Waals surface area contributed by atoms with Gasteiger partial charge in [0.05, 0.1) is 5.71 Å². The van der Waals surface area contributed by atoms with Gasteiger partial charge in [0.1, 0.15) is 6.26 Å². The summed E-state index contributed by atoms with van der Waals surface area (Å²) in [7, 11) is 0. The fourth-order valence-corrected chi connectivity index (χ4v) is 0.763. The van der Waals surface area contributed by atoms with Crippen molar-refractivity contribution in [3.8, 4) is 0 Å². The summed E-state index contributed by atoms with van der Waals surface area (Å²) in [6.45, 7) is 12.2. The fourth-order valence-electron chi connectivity index (χ4n) is 0.763. The Labute approximate surface area is 99.4 Å². The van der Waals surface area contributed by atoms with E-state index >= 15 is 0 Å². The quantitative estimate of drug-likeness (QED) is 0.287. The molecule has 0 aromatic rings. The van der Waals surface area contributed by atoms with E-state index in [-0.39, 0.29) is 0 Å². The molecule has 0 aliphatic rings. The average Bonchev–Trinajstić information content (AvgIpc) is 2.25. The first-order valence-electron chi connectivity index (χ1n) is 5.65. The van der Waals surface area contributed by atoms with Crippen molar-refractivity contribution >= 4 is 5.71 Å². The summed E-state index contributed by atoms with van der Waals surface area (Å²) in [6, 6.07) is 0. The molecule has 0 bridgehead atoms. The zero-order valence-corrected chi connectivity index (χ0v) is 11.3. The molecule has 0 aromatic carbocycles. The lowest BCUT2D eigenvalue weighted by Gasteiger charge is -1.99. The molecule has 16 heavy (non-hydrogen) atoms. The summed E-state index contributed by atoms with van der Waals surface area (Å²) in [5.41, 5.74) is 4.47. The topological polar surface area (TPSA) is 21.6 Å². The first kappa shape index (κ1) is 14.7. The van der Waals surface area contributed by atoms with Crippen LogP contribution in [0, 0.1) is 0 Å². The third kappa shape index (κ3) is 7.04. The third-order valence-corrected chi connectivity index (χ3v) is 2.24. The van der Waals surface area contributed by atoms with Gasteiger partial charge in [-0.2, -0.15) is 0 Å². The molecule has 0 aromatic heterocycles. The monoisotopic (exact) mass is 221 g/mol. The summed E-state index contributed by atoms with van der Waals surface area (Å²) >= 11 is 0. The van der Waals surface area contributed by atoms with Crippen LogP contribution in [0.25, 0.3) is 0 Å². The lowest BCUT2D eigenvalue weighted by atomic mass is 10.2. The molecular formula is C14H23NO. The normalized spacial score (nSPS) is 13.8. The van der Waals surface area contributed by atoms with Crippen molar-refractivity contribution in [2.45, 2.75) is 48.0 Å². The van der Waals surface area contributed by atoms with Crippen molar-refractivity contribution < 1.29 is 4.84 Å². The first-order valence-corrected chi connectivity index (χ1v) is 5.65. The van der Waals surface area contributed by atoms with Crippen molar-refractivity contribution in [1.82, 2.24) is 0 Å². The largest absolute Gasteiger partial charge is 0.365 e. The molecule has 0 N–H and O–H groups in total. The van der Waals surface area contributed by atoms with E-state index in [1.165, 1.54) is 11.1 Å². The highest BCUT2D eigenvalue weighted by Crippen LogP contribution is 2.02. The van der Waals surface area contributed by atoms with Crippen molar-refractivity contribution in [3.63, 3.8) is 0 Å². The second-order valence-electron chi connectivity index (χ2n) is 4.19. The lowest BCUT2D eigenvalue weighted by molar-refractivity contribution is 0.264. The van der Waals surface area contributed by atoms with E-state index in [2.05, 4.69) is 32.0 Å². The number of rotatable bonds is 5. The predicted octanol–water partition coefficient (Wildman–Crippen LogP) is 4.61. The molecule has 0 rings (SSSR count). The highest BCUT2D eigenvalue weighted by molar-refractivity contribution is 5.97.